The van der Waals surface area contributed by atoms with Gasteiger partial charge in [0, 0.05) is 32.2 Å². The lowest BCUT2D eigenvalue weighted by molar-refractivity contribution is 0.0554. The standard InChI is InChI=1S/C29H38N2O8S/c1-19(2)16-31(40(34,35)23-8-9-26-28(15-23)38-18-37-26)17-25(32)24(12-20-6-4-3-5-7-20)30-29(33)39-22-13-21-10-11-36-27(21)14-22/h3-9,15,19,21-22,24-25,27,32H,10-14,16-18H2,1-2H3,(H,30,33)/t21-,22+,24-,25+,27+/m0/s1. The maximum Gasteiger partial charge on any atom is 0.407 e. The normalized spacial score (nSPS) is 23.3. The van der Waals surface area contributed by atoms with E-state index in [1.807, 2.05) is 44.2 Å². The number of ether oxygens (including phenoxy) is 4. The van der Waals surface area contributed by atoms with Crippen LogP contribution < -0.4 is 14.8 Å². The number of benzene rings is 2. The summed E-state index contributed by atoms with van der Waals surface area (Å²) < 4.78 is 50.9. The molecule has 0 spiro atoms. The molecule has 0 bridgehead atoms. The molecule has 0 radical (unpaired) electrons. The summed E-state index contributed by atoms with van der Waals surface area (Å²) in [7, 11) is -4.00. The van der Waals surface area contributed by atoms with Gasteiger partial charge in [0.15, 0.2) is 11.5 Å². The number of carbonyl (C=O) groups excluding carboxylic acids is 1. The molecule has 40 heavy (non-hydrogen) atoms. The van der Waals surface area contributed by atoms with E-state index in [1.54, 1.807) is 6.07 Å². The lowest BCUT2D eigenvalue weighted by Gasteiger charge is -2.31. The van der Waals surface area contributed by atoms with Crippen LogP contribution >= 0.6 is 0 Å². The predicted octanol–water partition coefficient (Wildman–Crippen LogP) is 3.33. The van der Waals surface area contributed by atoms with E-state index in [1.165, 1.54) is 16.4 Å². The van der Waals surface area contributed by atoms with Gasteiger partial charge in [-0.2, -0.15) is 4.31 Å². The van der Waals surface area contributed by atoms with Crippen LogP contribution in [0.15, 0.2) is 53.4 Å². The summed E-state index contributed by atoms with van der Waals surface area (Å²) in [5.41, 5.74) is 0.893. The molecule has 3 aliphatic rings. The predicted molar refractivity (Wildman–Crippen MR) is 147 cm³/mol. The molecule has 1 saturated heterocycles. The molecule has 2 N–H and O–H groups in total. The minimum Gasteiger partial charge on any atom is -0.454 e. The molecule has 10 nitrogen and oxygen atoms in total. The van der Waals surface area contributed by atoms with Crippen molar-refractivity contribution in [2.45, 2.75) is 68.8 Å². The van der Waals surface area contributed by atoms with Gasteiger partial charge in [-0.3, -0.25) is 0 Å². The highest BCUT2D eigenvalue weighted by Gasteiger charge is 2.40. The molecule has 218 valence electrons. The average Bonchev–Trinajstić information content (AvgIpc) is 3.64. The number of amides is 1. The van der Waals surface area contributed by atoms with Gasteiger partial charge in [0.2, 0.25) is 16.8 Å². The second kappa shape index (κ2) is 12.3. The Morgan fingerprint density at radius 3 is 2.62 bits per heavy atom. The summed E-state index contributed by atoms with van der Waals surface area (Å²) in [4.78, 5) is 13.0. The van der Waals surface area contributed by atoms with Crippen LogP contribution in [0.3, 0.4) is 0 Å². The zero-order chi connectivity index (χ0) is 28.3. The summed E-state index contributed by atoms with van der Waals surface area (Å²) in [5, 5.41) is 14.3. The Kier molecular flexibility index (Phi) is 8.84. The largest absolute Gasteiger partial charge is 0.454 e. The first kappa shape index (κ1) is 28.7. The molecule has 2 aliphatic heterocycles. The highest BCUT2D eigenvalue weighted by atomic mass is 32.2. The molecule has 2 fully saturated rings. The van der Waals surface area contributed by atoms with Crippen LogP contribution in [-0.2, 0) is 25.9 Å². The van der Waals surface area contributed by atoms with Crippen molar-refractivity contribution in [3.8, 4) is 11.5 Å². The number of carbonyl (C=O) groups is 1. The van der Waals surface area contributed by atoms with Crippen molar-refractivity contribution in [3.05, 3.63) is 54.1 Å². The van der Waals surface area contributed by atoms with Crippen LogP contribution in [0.5, 0.6) is 11.5 Å². The number of rotatable bonds is 11. The van der Waals surface area contributed by atoms with Crippen LogP contribution in [0.1, 0.15) is 38.7 Å². The number of fused-ring (bicyclic) bond motifs is 2. The number of sulfonamides is 1. The van der Waals surface area contributed by atoms with Crippen LogP contribution in [0, 0.1) is 11.8 Å². The van der Waals surface area contributed by atoms with E-state index in [-0.39, 0.29) is 42.9 Å². The van der Waals surface area contributed by atoms with Gasteiger partial charge in [-0.1, -0.05) is 44.2 Å². The van der Waals surface area contributed by atoms with Crippen LogP contribution in [0.4, 0.5) is 4.79 Å². The Morgan fingerprint density at radius 2 is 1.88 bits per heavy atom. The van der Waals surface area contributed by atoms with Crippen molar-refractivity contribution in [2.24, 2.45) is 11.8 Å². The van der Waals surface area contributed by atoms with Crippen LogP contribution in [0.25, 0.3) is 0 Å². The van der Waals surface area contributed by atoms with Crippen LogP contribution in [0.2, 0.25) is 0 Å². The summed E-state index contributed by atoms with van der Waals surface area (Å²) in [6.45, 7) is 4.57. The Morgan fingerprint density at radius 1 is 1.10 bits per heavy atom. The van der Waals surface area contributed by atoms with Crippen molar-refractivity contribution in [1.29, 1.82) is 0 Å². The molecule has 5 rings (SSSR count). The van der Waals surface area contributed by atoms with Gasteiger partial charge >= 0.3 is 6.09 Å². The van der Waals surface area contributed by atoms with E-state index in [0.29, 0.717) is 30.3 Å². The summed E-state index contributed by atoms with van der Waals surface area (Å²) in [5.74, 6) is 1.25. The molecule has 1 saturated carbocycles. The molecule has 11 heteroatoms. The Bertz CT molecular complexity index is 1260. The number of aliphatic hydroxyl groups excluding tert-OH is 1. The third-order valence-electron chi connectivity index (χ3n) is 7.69. The molecule has 1 amide bonds. The van der Waals surface area contributed by atoms with E-state index in [9.17, 15) is 18.3 Å². The number of hydrogen-bond donors (Lipinski definition) is 2. The van der Waals surface area contributed by atoms with Gasteiger partial charge in [-0.15, -0.1) is 0 Å². The fourth-order valence-electron chi connectivity index (χ4n) is 5.70. The SMILES string of the molecule is CC(C)CN(C[C@@H](O)[C@H](Cc1ccccc1)NC(=O)O[C@@H]1C[C@@H]2CCO[C@@H]2C1)S(=O)(=O)c1ccc2c(c1)OCO2. The Labute approximate surface area is 235 Å². The third-order valence-corrected chi connectivity index (χ3v) is 9.52. The molecule has 1 aliphatic carbocycles. The first-order chi connectivity index (χ1) is 19.2. The van der Waals surface area contributed by atoms with E-state index >= 15 is 0 Å². The van der Waals surface area contributed by atoms with Crippen molar-refractivity contribution in [1.82, 2.24) is 9.62 Å². The van der Waals surface area contributed by atoms with Crippen molar-refractivity contribution < 1.29 is 37.3 Å². The monoisotopic (exact) mass is 574 g/mol. The Hall–Kier alpha value is -2.86. The number of hydrogen-bond acceptors (Lipinski definition) is 8. The minimum absolute atomic E-state index is 0.00878. The first-order valence-electron chi connectivity index (χ1n) is 13.9. The molecule has 2 heterocycles. The quantitative estimate of drug-likeness (QED) is 0.419. The smallest absolute Gasteiger partial charge is 0.407 e. The number of alkyl carbamates (subject to hydrolysis) is 1. The van der Waals surface area contributed by atoms with E-state index in [0.717, 1.165) is 25.0 Å². The topological polar surface area (TPSA) is 124 Å². The average molecular weight is 575 g/mol. The molecular formula is C29H38N2O8S. The van der Waals surface area contributed by atoms with Gasteiger partial charge in [0.25, 0.3) is 0 Å². The van der Waals surface area contributed by atoms with Gasteiger partial charge in [-0.25, -0.2) is 13.2 Å². The minimum atomic E-state index is -4.00. The van der Waals surface area contributed by atoms with Gasteiger partial charge < -0.3 is 29.4 Å². The maximum atomic E-state index is 13.7. The fourth-order valence-corrected chi connectivity index (χ4v) is 7.34. The maximum absolute atomic E-state index is 13.7. The molecule has 0 unspecified atom stereocenters. The molecular weight excluding hydrogens is 536 g/mol. The Balaban J connectivity index is 1.31. The highest BCUT2D eigenvalue weighted by Crippen LogP contribution is 2.37. The van der Waals surface area contributed by atoms with Gasteiger partial charge in [0.1, 0.15) is 6.10 Å². The molecule has 2 aromatic carbocycles. The highest BCUT2D eigenvalue weighted by molar-refractivity contribution is 7.89. The summed E-state index contributed by atoms with van der Waals surface area (Å²) in [6.07, 6.45) is 0.768. The van der Waals surface area contributed by atoms with Crippen molar-refractivity contribution in [3.63, 3.8) is 0 Å². The number of aliphatic hydroxyl groups is 1. The number of nitrogens with zero attached hydrogens (tertiary/aromatic N) is 1. The second-order valence-electron chi connectivity index (χ2n) is 11.2. The number of nitrogens with one attached hydrogen (secondary N) is 1. The first-order valence-corrected chi connectivity index (χ1v) is 15.3. The second-order valence-corrected chi connectivity index (χ2v) is 13.1. The molecule has 2 aromatic rings. The third kappa shape index (κ3) is 6.71. The molecule has 0 aromatic heterocycles. The van der Waals surface area contributed by atoms with E-state index < -0.39 is 28.3 Å². The fraction of sp³-hybridized carbons (Fsp3) is 0.552. The van der Waals surface area contributed by atoms with Gasteiger partial charge in [-0.05, 0) is 48.8 Å². The van der Waals surface area contributed by atoms with Gasteiger partial charge in [0.05, 0.1) is 23.1 Å². The van der Waals surface area contributed by atoms with Crippen molar-refractivity contribution in [2.75, 3.05) is 26.5 Å². The van der Waals surface area contributed by atoms with E-state index in [4.69, 9.17) is 18.9 Å². The van der Waals surface area contributed by atoms with Crippen LogP contribution in [-0.4, -0.2) is 74.8 Å². The lowest BCUT2D eigenvalue weighted by Crippen LogP contribution is -2.51. The molecule has 5 atom stereocenters. The summed E-state index contributed by atoms with van der Waals surface area (Å²) >= 11 is 0. The van der Waals surface area contributed by atoms with E-state index in [2.05, 4.69) is 5.32 Å². The van der Waals surface area contributed by atoms with Crippen molar-refractivity contribution >= 4 is 16.1 Å². The zero-order valence-corrected chi connectivity index (χ0v) is 23.7. The zero-order valence-electron chi connectivity index (χ0n) is 22.9. The summed E-state index contributed by atoms with van der Waals surface area (Å²) in [6, 6.07) is 13.1. The lowest BCUT2D eigenvalue weighted by atomic mass is 10.0.